The summed E-state index contributed by atoms with van der Waals surface area (Å²) in [6.45, 7) is 7.38. The molecule has 1 heterocycles. The fourth-order valence-corrected chi connectivity index (χ4v) is 1.68. The number of carbonyl (C=O) groups is 1. The topological polar surface area (TPSA) is 55.6 Å². The Balaban J connectivity index is 0.000000218. The maximum Gasteiger partial charge on any atom is 0.410 e. The summed E-state index contributed by atoms with van der Waals surface area (Å²) in [5, 5.41) is 0. The minimum Gasteiger partial charge on any atom is -0.444 e. The standard InChI is InChI=1S/C9H17NO2.C6H7N/c1-9(2,3)12-8(11)10-6-4-5-7-10;7-6-4-2-1-3-5-6/h4-7H2,1-3H3;1-5H,7H2. The van der Waals surface area contributed by atoms with E-state index < -0.39 is 0 Å². The minimum absolute atomic E-state index is 0.167. The molecule has 1 aromatic rings. The van der Waals surface area contributed by atoms with Crippen LogP contribution in [-0.2, 0) is 4.74 Å². The summed E-state index contributed by atoms with van der Waals surface area (Å²) in [7, 11) is 0. The van der Waals surface area contributed by atoms with Gasteiger partial charge in [-0.25, -0.2) is 4.79 Å². The Kier molecular flexibility index (Phi) is 5.67. The van der Waals surface area contributed by atoms with Crippen molar-refractivity contribution in [2.45, 2.75) is 39.2 Å². The number of hydrogen-bond acceptors (Lipinski definition) is 3. The molecule has 1 aliphatic heterocycles. The average Bonchev–Trinajstić information content (AvgIpc) is 2.82. The van der Waals surface area contributed by atoms with E-state index in [1.807, 2.05) is 51.1 Å². The van der Waals surface area contributed by atoms with E-state index in [0.717, 1.165) is 31.6 Å². The smallest absolute Gasteiger partial charge is 0.410 e. The third-order valence-electron chi connectivity index (χ3n) is 2.56. The largest absolute Gasteiger partial charge is 0.444 e. The first-order valence-electron chi connectivity index (χ1n) is 6.67. The second kappa shape index (κ2) is 7.02. The summed E-state index contributed by atoms with van der Waals surface area (Å²) >= 11 is 0. The van der Waals surface area contributed by atoms with Crippen LogP contribution in [0, 0.1) is 0 Å². The van der Waals surface area contributed by atoms with Crippen molar-refractivity contribution in [3.8, 4) is 0 Å². The lowest BCUT2D eigenvalue weighted by Crippen LogP contribution is -2.34. The highest BCUT2D eigenvalue weighted by Crippen LogP contribution is 2.14. The quantitative estimate of drug-likeness (QED) is 0.732. The van der Waals surface area contributed by atoms with Gasteiger partial charge >= 0.3 is 6.09 Å². The Morgan fingerprint density at radius 3 is 2.05 bits per heavy atom. The molecule has 106 valence electrons. The molecule has 1 amide bonds. The second-order valence-electron chi connectivity index (χ2n) is 5.59. The highest BCUT2D eigenvalue weighted by atomic mass is 16.6. The molecule has 2 N–H and O–H groups in total. The zero-order chi connectivity index (χ0) is 14.3. The van der Waals surface area contributed by atoms with Crippen molar-refractivity contribution in [2.24, 2.45) is 0 Å². The molecular weight excluding hydrogens is 240 g/mol. The molecule has 0 atom stereocenters. The van der Waals surface area contributed by atoms with Crippen molar-refractivity contribution < 1.29 is 9.53 Å². The van der Waals surface area contributed by atoms with Crippen LogP contribution in [-0.4, -0.2) is 29.7 Å². The van der Waals surface area contributed by atoms with Gasteiger partial charge in [-0.15, -0.1) is 0 Å². The Morgan fingerprint density at radius 2 is 1.68 bits per heavy atom. The first-order chi connectivity index (χ1) is 8.88. The lowest BCUT2D eigenvalue weighted by Gasteiger charge is -2.23. The van der Waals surface area contributed by atoms with E-state index in [1.165, 1.54) is 0 Å². The average molecular weight is 264 g/mol. The number of carbonyl (C=O) groups excluding carboxylic acids is 1. The highest BCUT2D eigenvalue weighted by molar-refractivity contribution is 5.68. The van der Waals surface area contributed by atoms with E-state index in [1.54, 1.807) is 4.90 Å². The molecule has 4 nitrogen and oxygen atoms in total. The molecule has 0 saturated carbocycles. The molecule has 19 heavy (non-hydrogen) atoms. The number of anilines is 1. The number of hydrogen-bond donors (Lipinski definition) is 1. The minimum atomic E-state index is -0.361. The number of para-hydroxylation sites is 1. The SMILES string of the molecule is CC(C)(C)OC(=O)N1CCCC1.Nc1ccccc1. The predicted molar refractivity (Wildman–Crippen MR) is 77.9 cm³/mol. The van der Waals surface area contributed by atoms with E-state index >= 15 is 0 Å². The number of nitrogens with two attached hydrogens (primary N) is 1. The number of nitrogens with zero attached hydrogens (tertiary/aromatic N) is 1. The Hall–Kier alpha value is -1.71. The fraction of sp³-hybridized carbons (Fsp3) is 0.533. The Bertz CT molecular complexity index is 379. The van der Waals surface area contributed by atoms with Gasteiger partial charge in [0.15, 0.2) is 0 Å². The van der Waals surface area contributed by atoms with Crippen LogP contribution in [0.25, 0.3) is 0 Å². The monoisotopic (exact) mass is 264 g/mol. The van der Waals surface area contributed by atoms with Gasteiger partial charge in [0.25, 0.3) is 0 Å². The van der Waals surface area contributed by atoms with Crippen LogP contribution >= 0.6 is 0 Å². The molecule has 4 heteroatoms. The second-order valence-corrected chi connectivity index (χ2v) is 5.59. The van der Waals surface area contributed by atoms with Gasteiger partial charge < -0.3 is 15.4 Å². The van der Waals surface area contributed by atoms with Crippen molar-refractivity contribution >= 4 is 11.8 Å². The van der Waals surface area contributed by atoms with Crippen LogP contribution < -0.4 is 5.73 Å². The summed E-state index contributed by atoms with van der Waals surface area (Å²) < 4.78 is 5.21. The van der Waals surface area contributed by atoms with Crippen molar-refractivity contribution in [3.05, 3.63) is 30.3 Å². The number of amides is 1. The first kappa shape index (κ1) is 15.3. The number of nitrogen functional groups attached to an aromatic ring is 1. The first-order valence-corrected chi connectivity index (χ1v) is 6.67. The third kappa shape index (κ3) is 6.70. The van der Waals surface area contributed by atoms with E-state index in [2.05, 4.69) is 0 Å². The lowest BCUT2D eigenvalue weighted by atomic mass is 10.2. The van der Waals surface area contributed by atoms with Crippen LogP contribution in [0.1, 0.15) is 33.6 Å². The molecule has 0 aromatic heterocycles. The highest BCUT2D eigenvalue weighted by Gasteiger charge is 2.23. The third-order valence-corrected chi connectivity index (χ3v) is 2.56. The van der Waals surface area contributed by atoms with Gasteiger partial charge in [-0.1, -0.05) is 18.2 Å². The maximum absolute atomic E-state index is 11.4. The van der Waals surface area contributed by atoms with Crippen LogP contribution in [0.4, 0.5) is 10.5 Å². The summed E-state index contributed by atoms with van der Waals surface area (Å²) in [6.07, 6.45) is 2.05. The van der Waals surface area contributed by atoms with Crippen LogP contribution in [0.3, 0.4) is 0 Å². The molecule has 0 unspecified atom stereocenters. The lowest BCUT2D eigenvalue weighted by molar-refractivity contribution is 0.0295. The van der Waals surface area contributed by atoms with Gasteiger partial charge in [0.05, 0.1) is 0 Å². The van der Waals surface area contributed by atoms with Gasteiger partial charge in [-0.3, -0.25) is 0 Å². The van der Waals surface area contributed by atoms with Gasteiger partial charge in [0.2, 0.25) is 0 Å². The van der Waals surface area contributed by atoms with Crippen LogP contribution in [0.15, 0.2) is 30.3 Å². The predicted octanol–water partition coefficient (Wildman–Crippen LogP) is 3.29. The Labute approximate surface area is 115 Å². The van der Waals surface area contributed by atoms with Crippen LogP contribution in [0.5, 0.6) is 0 Å². The summed E-state index contributed by atoms with van der Waals surface area (Å²) in [5.74, 6) is 0. The molecule has 0 bridgehead atoms. The van der Waals surface area contributed by atoms with Crippen molar-refractivity contribution in [3.63, 3.8) is 0 Å². The molecule has 0 radical (unpaired) electrons. The summed E-state index contributed by atoms with van der Waals surface area (Å²) in [6, 6.07) is 9.49. The zero-order valence-corrected chi connectivity index (χ0v) is 12.1. The van der Waals surface area contributed by atoms with Crippen molar-refractivity contribution in [2.75, 3.05) is 18.8 Å². The molecule has 1 aliphatic rings. The molecular formula is C15H24N2O2. The number of likely N-dealkylation sites (tertiary alicyclic amines) is 1. The van der Waals surface area contributed by atoms with Gasteiger partial charge in [0.1, 0.15) is 5.60 Å². The van der Waals surface area contributed by atoms with E-state index in [9.17, 15) is 4.79 Å². The number of benzene rings is 1. The molecule has 0 aliphatic carbocycles. The van der Waals surface area contributed by atoms with Gasteiger partial charge in [-0.05, 0) is 45.7 Å². The van der Waals surface area contributed by atoms with Crippen molar-refractivity contribution in [1.82, 2.24) is 4.90 Å². The van der Waals surface area contributed by atoms with Crippen LogP contribution in [0.2, 0.25) is 0 Å². The number of rotatable bonds is 0. The van der Waals surface area contributed by atoms with E-state index in [0.29, 0.717) is 0 Å². The molecule has 1 aromatic carbocycles. The van der Waals surface area contributed by atoms with Gasteiger partial charge in [0, 0.05) is 18.8 Å². The Morgan fingerprint density at radius 1 is 1.16 bits per heavy atom. The van der Waals surface area contributed by atoms with E-state index in [-0.39, 0.29) is 11.7 Å². The van der Waals surface area contributed by atoms with Gasteiger partial charge in [-0.2, -0.15) is 0 Å². The summed E-state index contributed by atoms with van der Waals surface area (Å²) in [4.78, 5) is 13.1. The zero-order valence-electron chi connectivity index (χ0n) is 12.1. The molecule has 2 rings (SSSR count). The van der Waals surface area contributed by atoms with Crippen molar-refractivity contribution in [1.29, 1.82) is 0 Å². The molecule has 1 fully saturated rings. The fourth-order valence-electron chi connectivity index (χ4n) is 1.68. The molecule has 0 spiro atoms. The molecule has 1 saturated heterocycles. The maximum atomic E-state index is 11.4. The normalized spacial score (nSPS) is 14.6. The number of ether oxygens (including phenoxy) is 1. The van der Waals surface area contributed by atoms with E-state index in [4.69, 9.17) is 10.5 Å². The summed E-state index contributed by atoms with van der Waals surface area (Å²) in [5.41, 5.74) is 5.82.